The lowest BCUT2D eigenvalue weighted by Gasteiger charge is -2.39. The van der Waals surface area contributed by atoms with E-state index >= 15 is 0 Å². The van der Waals surface area contributed by atoms with Gasteiger partial charge >= 0.3 is 6.09 Å². The molecule has 0 spiro atoms. The standard InChI is InChI=1S/C16H28F2N2O3/c1-15(2,3)23-14(21)19-7-5-12(6-8-19)20-11-16(17,18)9-13(20)10-22-4/h12-13H,5-11H2,1-4H3/t13-/m1/s1. The topological polar surface area (TPSA) is 42.0 Å². The Hall–Kier alpha value is -0.950. The number of ether oxygens (including phenoxy) is 2. The van der Waals surface area contributed by atoms with E-state index in [1.165, 1.54) is 0 Å². The van der Waals surface area contributed by atoms with Gasteiger partial charge in [0, 0.05) is 38.7 Å². The summed E-state index contributed by atoms with van der Waals surface area (Å²) in [5.41, 5.74) is -0.519. The van der Waals surface area contributed by atoms with Gasteiger partial charge in [-0.05, 0) is 33.6 Å². The van der Waals surface area contributed by atoms with Crippen LogP contribution in [0.15, 0.2) is 0 Å². The number of piperidine rings is 1. The maximum atomic E-state index is 13.7. The lowest BCUT2D eigenvalue weighted by Crippen LogP contribution is -2.50. The van der Waals surface area contributed by atoms with Gasteiger partial charge in [0.15, 0.2) is 0 Å². The fraction of sp³-hybridized carbons (Fsp3) is 0.938. The number of methoxy groups -OCH3 is 1. The van der Waals surface area contributed by atoms with Gasteiger partial charge in [-0.15, -0.1) is 0 Å². The molecule has 2 heterocycles. The fourth-order valence-electron chi connectivity index (χ4n) is 3.40. The third-order valence-corrected chi connectivity index (χ3v) is 4.36. The van der Waals surface area contributed by atoms with Crippen molar-refractivity contribution in [2.45, 2.75) is 63.6 Å². The molecule has 0 aromatic heterocycles. The first kappa shape index (κ1) is 18.4. The summed E-state index contributed by atoms with van der Waals surface area (Å²) >= 11 is 0. The van der Waals surface area contributed by atoms with Gasteiger partial charge in [0.1, 0.15) is 5.60 Å². The molecule has 0 bridgehead atoms. The Morgan fingerprint density at radius 1 is 1.26 bits per heavy atom. The summed E-state index contributed by atoms with van der Waals surface area (Å²) in [6.45, 7) is 6.70. The first-order valence-electron chi connectivity index (χ1n) is 8.22. The number of carbonyl (C=O) groups excluding carboxylic acids is 1. The van der Waals surface area contributed by atoms with Gasteiger partial charge < -0.3 is 14.4 Å². The minimum Gasteiger partial charge on any atom is -0.444 e. The van der Waals surface area contributed by atoms with Gasteiger partial charge in [0.25, 0.3) is 5.92 Å². The van der Waals surface area contributed by atoms with E-state index in [2.05, 4.69) is 0 Å². The number of nitrogens with zero attached hydrogens (tertiary/aromatic N) is 2. The number of hydrogen-bond acceptors (Lipinski definition) is 4. The van der Waals surface area contributed by atoms with Crippen molar-refractivity contribution in [3.8, 4) is 0 Å². The predicted octanol–water partition coefficient (Wildman–Crippen LogP) is 2.74. The highest BCUT2D eigenvalue weighted by Crippen LogP contribution is 2.35. The Labute approximate surface area is 136 Å². The summed E-state index contributed by atoms with van der Waals surface area (Å²) in [5, 5.41) is 0. The van der Waals surface area contributed by atoms with Crippen LogP contribution in [0.3, 0.4) is 0 Å². The van der Waals surface area contributed by atoms with E-state index in [1.807, 2.05) is 25.7 Å². The van der Waals surface area contributed by atoms with Crippen molar-refractivity contribution >= 4 is 6.09 Å². The summed E-state index contributed by atoms with van der Waals surface area (Å²) in [6.07, 6.45) is 0.911. The van der Waals surface area contributed by atoms with Crippen LogP contribution in [0.2, 0.25) is 0 Å². The molecule has 2 rings (SSSR count). The largest absolute Gasteiger partial charge is 0.444 e. The van der Waals surface area contributed by atoms with Crippen LogP contribution in [0.25, 0.3) is 0 Å². The van der Waals surface area contributed by atoms with E-state index < -0.39 is 11.5 Å². The summed E-state index contributed by atoms with van der Waals surface area (Å²) in [4.78, 5) is 15.6. The van der Waals surface area contributed by atoms with Gasteiger partial charge in [0.2, 0.25) is 0 Å². The number of hydrogen-bond donors (Lipinski definition) is 0. The van der Waals surface area contributed by atoms with Crippen molar-refractivity contribution in [1.29, 1.82) is 0 Å². The molecule has 1 atom stereocenters. The Kier molecular flexibility index (Phi) is 5.51. The number of likely N-dealkylation sites (tertiary alicyclic amines) is 2. The summed E-state index contributed by atoms with van der Waals surface area (Å²) < 4.78 is 37.9. The Balaban J connectivity index is 1.89. The van der Waals surface area contributed by atoms with Crippen LogP contribution in [-0.2, 0) is 9.47 Å². The molecule has 0 N–H and O–H groups in total. The number of amides is 1. The Bertz CT molecular complexity index is 418. The van der Waals surface area contributed by atoms with Crippen LogP contribution in [0.4, 0.5) is 13.6 Å². The lowest BCUT2D eigenvalue weighted by molar-refractivity contribution is -0.00402. The Morgan fingerprint density at radius 3 is 2.39 bits per heavy atom. The van der Waals surface area contributed by atoms with Crippen molar-refractivity contribution in [1.82, 2.24) is 9.80 Å². The molecule has 0 saturated carbocycles. The van der Waals surface area contributed by atoms with Crippen molar-refractivity contribution in [3.63, 3.8) is 0 Å². The second-order valence-electron chi connectivity index (χ2n) is 7.54. The minimum absolute atomic E-state index is 0.0715. The highest BCUT2D eigenvalue weighted by Gasteiger charge is 2.47. The molecule has 2 saturated heterocycles. The third kappa shape index (κ3) is 5.01. The fourth-order valence-corrected chi connectivity index (χ4v) is 3.40. The first-order valence-corrected chi connectivity index (χ1v) is 8.22. The van der Waals surface area contributed by atoms with Gasteiger partial charge in [-0.1, -0.05) is 0 Å². The van der Waals surface area contributed by atoms with Crippen LogP contribution in [-0.4, -0.2) is 72.9 Å². The smallest absolute Gasteiger partial charge is 0.410 e. The molecule has 2 aliphatic rings. The second kappa shape index (κ2) is 6.89. The minimum atomic E-state index is -2.65. The molecule has 5 nitrogen and oxygen atoms in total. The average molecular weight is 334 g/mol. The van der Waals surface area contributed by atoms with E-state index in [9.17, 15) is 13.6 Å². The normalized spacial score (nSPS) is 26.5. The molecule has 0 radical (unpaired) electrons. The van der Waals surface area contributed by atoms with E-state index in [-0.39, 0.29) is 31.1 Å². The van der Waals surface area contributed by atoms with Crippen LogP contribution in [0.5, 0.6) is 0 Å². The average Bonchev–Trinajstić information content (AvgIpc) is 2.72. The van der Waals surface area contributed by atoms with Gasteiger partial charge in [0.05, 0.1) is 13.2 Å². The first-order chi connectivity index (χ1) is 10.6. The molecule has 7 heteroatoms. The zero-order chi connectivity index (χ0) is 17.3. The Morgan fingerprint density at radius 2 is 1.87 bits per heavy atom. The van der Waals surface area contributed by atoms with Gasteiger partial charge in [-0.25, -0.2) is 13.6 Å². The van der Waals surface area contributed by atoms with Crippen molar-refractivity contribution in [2.75, 3.05) is 33.4 Å². The molecule has 0 aromatic rings. The number of alkyl halides is 2. The maximum absolute atomic E-state index is 13.7. The molecule has 23 heavy (non-hydrogen) atoms. The quantitative estimate of drug-likeness (QED) is 0.796. The molecule has 134 valence electrons. The summed E-state index contributed by atoms with van der Waals surface area (Å²) in [5.74, 6) is -2.65. The van der Waals surface area contributed by atoms with Crippen LogP contribution >= 0.6 is 0 Å². The van der Waals surface area contributed by atoms with E-state index in [0.717, 1.165) is 0 Å². The van der Waals surface area contributed by atoms with Crippen molar-refractivity contribution in [2.24, 2.45) is 0 Å². The van der Waals surface area contributed by atoms with Gasteiger partial charge in [-0.3, -0.25) is 4.90 Å². The highest BCUT2D eigenvalue weighted by molar-refractivity contribution is 5.68. The number of rotatable bonds is 3. The zero-order valence-electron chi connectivity index (χ0n) is 14.5. The summed E-state index contributed by atoms with van der Waals surface area (Å²) in [7, 11) is 1.54. The molecular formula is C16H28F2N2O3. The summed E-state index contributed by atoms with van der Waals surface area (Å²) in [6, 6.07) is -0.171. The maximum Gasteiger partial charge on any atom is 0.410 e. The predicted molar refractivity (Wildman–Crippen MR) is 82.8 cm³/mol. The number of halogens is 2. The van der Waals surface area contributed by atoms with Gasteiger partial charge in [-0.2, -0.15) is 0 Å². The molecule has 1 amide bonds. The zero-order valence-corrected chi connectivity index (χ0v) is 14.5. The number of carbonyl (C=O) groups is 1. The monoisotopic (exact) mass is 334 g/mol. The van der Waals surface area contributed by atoms with Crippen LogP contribution in [0.1, 0.15) is 40.0 Å². The highest BCUT2D eigenvalue weighted by atomic mass is 19.3. The van der Waals surface area contributed by atoms with Crippen LogP contribution in [0, 0.1) is 0 Å². The molecule has 0 aliphatic carbocycles. The molecule has 2 fully saturated rings. The molecule has 0 aromatic carbocycles. The van der Waals surface area contributed by atoms with E-state index in [0.29, 0.717) is 32.5 Å². The van der Waals surface area contributed by atoms with Crippen molar-refractivity contribution in [3.05, 3.63) is 0 Å². The molecular weight excluding hydrogens is 306 g/mol. The van der Waals surface area contributed by atoms with Crippen LogP contribution < -0.4 is 0 Å². The van der Waals surface area contributed by atoms with Crippen molar-refractivity contribution < 1.29 is 23.0 Å². The SMILES string of the molecule is COC[C@H]1CC(F)(F)CN1C1CCN(C(=O)OC(C)(C)C)CC1. The molecule has 0 unspecified atom stereocenters. The third-order valence-electron chi connectivity index (χ3n) is 4.36. The van der Waals surface area contributed by atoms with E-state index in [1.54, 1.807) is 12.0 Å². The van der Waals surface area contributed by atoms with E-state index in [4.69, 9.17) is 9.47 Å². The molecule has 2 aliphatic heterocycles. The second-order valence-corrected chi connectivity index (χ2v) is 7.54. The lowest BCUT2D eigenvalue weighted by atomic mass is 10.0.